The molecule has 0 aliphatic heterocycles. The van der Waals surface area contributed by atoms with Gasteiger partial charge in [0.15, 0.2) is 0 Å². The van der Waals surface area contributed by atoms with Crippen molar-refractivity contribution < 1.29 is 0 Å². The van der Waals surface area contributed by atoms with Crippen molar-refractivity contribution in [2.45, 2.75) is 37.8 Å². The lowest BCUT2D eigenvalue weighted by Gasteiger charge is -2.36. The summed E-state index contributed by atoms with van der Waals surface area (Å²) in [5.41, 5.74) is 1.49. The smallest absolute Gasteiger partial charge is 0.0541 e. The molecule has 1 aromatic heterocycles. The summed E-state index contributed by atoms with van der Waals surface area (Å²) in [7, 11) is 4.40. The maximum Gasteiger partial charge on any atom is 0.0541 e. The lowest BCUT2D eigenvalue weighted by Crippen LogP contribution is -2.49. The van der Waals surface area contributed by atoms with Gasteiger partial charge in [0, 0.05) is 24.8 Å². The number of aromatic nitrogens is 1. The van der Waals surface area contributed by atoms with Crippen LogP contribution in [-0.2, 0) is 6.54 Å². The summed E-state index contributed by atoms with van der Waals surface area (Å²) in [6.07, 6.45) is 7.21. The molecule has 1 aromatic rings. The Morgan fingerprint density at radius 1 is 1.29 bits per heavy atom. The second kappa shape index (κ2) is 5.61. The molecule has 0 atom stereocenters. The highest BCUT2D eigenvalue weighted by Gasteiger charge is 2.35. The molecule has 1 heterocycles. The van der Waals surface area contributed by atoms with Crippen LogP contribution in [0.4, 0.5) is 0 Å². The molecule has 0 unspecified atom stereocenters. The molecule has 0 bridgehead atoms. The predicted octanol–water partition coefficient (Wildman–Crippen LogP) is 2.05. The van der Waals surface area contributed by atoms with E-state index >= 15 is 0 Å². The number of rotatable bonds is 5. The first-order valence-electron chi connectivity index (χ1n) is 6.51. The van der Waals surface area contributed by atoms with Gasteiger partial charge in [0.2, 0.25) is 0 Å². The molecule has 1 aliphatic carbocycles. The number of likely N-dealkylation sites (N-methyl/N-ethyl adjacent to an activating group) is 1. The molecule has 0 saturated heterocycles. The van der Waals surface area contributed by atoms with Gasteiger partial charge in [-0.2, -0.15) is 0 Å². The van der Waals surface area contributed by atoms with Crippen molar-refractivity contribution in [2.75, 3.05) is 20.6 Å². The van der Waals surface area contributed by atoms with E-state index in [1.165, 1.54) is 25.7 Å². The van der Waals surface area contributed by atoms with Crippen molar-refractivity contribution in [3.63, 3.8) is 0 Å². The topological polar surface area (TPSA) is 28.2 Å². The quantitative estimate of drug-likeness (QED) is 0.843. The van der Waals surface area contributed by atoms with Crippen molar-refractivity contribution >= 4 is 0 Å². The van der Waals surface area contributed by atoms with Crippen molar-refractivity contribution in [2.24, 2.45) is 0 Å². The minimum absolute atomic E-state index is 0.370. The minimum Gasteiger partial charge on any atom is -0.309 e. The Morgan fingerprint density at radius 3 is 2.65 bits per heavy atom. The van der Waals surface area contributed by atoms with E-state index in [0.717, 1.165) is 18.8 Å². The van der Waals surface area contributed by atoms with Gasteiger partial charge < -0.3 is 10.2 Å². The molecular formula is C14H23N3. The van der Waals surface area contributed by atoms with Crippen LogP contribution in [0, 0.1) is 0 Å². The molecule has 0 radical (unpaired) electrons. The summed E-state index contributed by atoms with van der Waals surface area (Å²) in [6.45, 7) is 1.94. The lowest BCUT2D eigenvalue weighted by molar-refractivity contribution is 0.153. The van der Waals surface area contributed by atoms with Crippen LogP contribution < -0.4 is 5.32 Å². The third kappa shape index (κ3) is 3.05. The van der Waals surface area contributed by atoms with E-state index in [4.69, 9.17) is 0 Å². The van der Waals surface area contributed by atoms with Gasteiger partial charge in [-0.25, -0.2) is 0 Å². The summed E-state index contributed by atoms with van der Waals surface area (Å²) in [6, 6.07) is 6.08. The number of nitrogens with one attached hydrogen (secondary N) is 1. The van der Waals surface area contributed by atoms with Gasteiger partial charge in [0.1, 0.15) is 0 Å². The average molecular weight is 233 g/mol. The van der Waals surface area contributed by atoms with Crippen molar-refractivity contribution in [1.82, 2.24) is 15.2 Å². The summed E-state index contributed by atoms with van der Waals surface area (Å²) in [5.74, 6) is 0. The van der Waals surface area contributed by atoms with Crippen LogP contribution in [0.15, 0.2) is 24.4 Å². The Bertz CT molecular complexity index is 329. The fourth-order valence-electron chi connectivity index (χ4n) is 2.74. The highest BCUT2D eigenvalue weighted by molar-refractivity contribution is 5.03. The Morgan fingerprint density at radius 2 is 2.06 bits per heavy atom. The van der Waals surface area contributed by atoms with Crippen LogP contribution >= 0.6 is 0 Å². The molecule has 0 amide bonds. The van der Waals surface area contributed by atoms with Gasteiger partial charge in [0.05, 0.1) is 5.69 Å². The van der Waals surface area contributed by atoms with Crippen LogP contribution in [0.2, 0.25) is 0 Å². The normalized spacial score (nSPS) is 18.8. The Labute approximate surface area is 104 Å². The highest BCUT2D eigenvalue weighted by atomic mass is 15.2. The van der Waals surface area contributed by atoms with E-state index in [-0.39, 0.29) is 0 Å². The van der Waals surface area contributed by atoms with E-state index in [0.29, 0.717) is 5.54 Å². The molecule has 17 heavy (non-hydrogen) atoms. The molecule has 2 rings (SSSR count). The largest absolute Gasteiger partial charge is 0.309 e. The second-order valence-corrected chi connectivity index (χ2v) is 5.25. The van der Waals surface area contributed by atoms with E-state index in [1.807, 2.05) is 18.3 Å². The molecule has 0 aromatic carbocycles. The summed E-state index contributed by atoms with van der Waals surface area (Å²) >= 11 is 0. The second-order valence-electron chi connectivity index (χ2n) is 5.25. The van der Waals surface area contributed by atoms with Crippen molar-refractivity contribution in [3.8, 4) is 0 Å². The Kier molecular flexibility index (Phi) is 4.13. The lowest BCUT2D eigenvalue weighted by atomic mass is 9.96. The SMILES string of the molecule is CN(C)C1(CNCc2ccccn2)CCCC1. The predicted molar refractivity (Wildman–Crippen MR) is 70.8 cm³/mol. The summed E-state index contributed by atoms with van der Waals surface area (Å²) < 4.78 is 0. The molecule has 3 heteroatoms. The molecular weight excluding hydrogens is 210 g/mol. The highest BCUT2D eigenvalue weighted by Crippen LogP contribution is 2.33. The van der Waals surface area contributed by atoms with Crippen molar-refractivity contribution in [1.29, 1.82) is 0 Å². The van der Waals surface area contributed by atoms with Gasteiger partial charge in [-0.15, -0.1) is 0 Å². The third-order valence-corrected chi connectivity index (χ3v) is 3.97. The van der Waals surface area contributed by atoms with Crippen LogP contribution in [0.5, 0.6) is 0 Å². The maximum atomic E-state index is 4.33. The fourth-order valence-corrected chi connectivity index (χ4v) is 2.74. The number of hydrogen-bond donors (Lipinski definition) is 1. The zero-order chi connectivity index (χ0) is 12.1. The number of pyridine rings is 1. The van der Waals surface area contributed by atoms with Crippen molar-refractivity contribution in [3.05, 3.63) is 30.1 Å². The van der Waals surface area contributed by atoms with Crippen LogP contribution in [-0.4, -0.2) is 36.1 Å². The monoisotopic (exact) mass is 233 g/mol. The molecule has 1 aliphatic rings. The van der Waals surface area contributed by atoms with Gasteiger partial charge in [0.25, 0.3) is 0 Å². The first-order valence-corrected chi connectivity index (χ1v) is 6.51. The Balaban J connectivity index is 1.84. The first kappa shape index (κ1) is 12.5. The number of nitrogens with zero attached hydrogens (tertiary/aromatic N) is 2. The van der Waals surface area contributed by atoms with E-state index < -0.39 is 0 Å². The van der Waals surface area contributed by atoms with Crippen LogP contribution in [0.3, 0.4) is 0 Å². The van der Waals surface area contributed by atoms with E-state index in [1.54, 1.807) is 0 Å². The van der Waals surface area contributed by atoms with Gasteiger partial charge in [-0.05, 0) is 39.1 Å². The molecule has 1 saturated carbocycles. The first-order chi connectivity index (χ1) is 8.23. The van der Waals surface area contributed by atoms with Gasteiger partial charge >= 0.3 is 0 Å². The van der Waals surface area contributed by atoms with Gasteiger partial charge in [-0.1, -0.05) is 18.9 Å². The van der Waals surface area contributed by atoms with Gasteiger partial charge in [-0.3, -0.25) is 4.98 Å². The number of hydrogen-bond acceptors (Lipinski definition) is 3. The molecule has 94 valence electrons. The summed E-state index contributed by atoms with van der Waals surface area (Å²) in [4.78, 5) is 6.73. The molecule has 3 nitrogen and oxygen atoms in total. The standard InChI is InChI=1S/C14H23N3/c1-17(2)14(8-4-5-9-14)12-15-11-13-7-3-6-10-16-13/h3,6-7,10,15H,4-5,8-9,11-12H2,1-2H3. The molecule has 1 N–H and O–H groups in total. The molecule has 0 spiro atoms. The summed E-state index contributed by atoms with van der Waals surface area (Å²) in [5, 5.41) is 3.56. The zero-order valence-electron chi connectivity index (χ0n) is 10.9. The maximum absolute atomic E-state index is 4.33. The average Bonchev–Trinajstić information content (AvgIpc) is 2.80. The zero-order valence-corrected chi connectivity index (χ0v) is 10.9. The minimum atomic E-state index is 0.370. The Hall–Kier alpha value is -0.930. The molecule has 1 fully saturated rings. The van der Waals surface area contributed by atoms with Crippen LogP contribution in [0.1, 0.15) is 31.4 Å². The fraction of sp³-hybridized carbons (Fsp3) is 0.643. The van der Waals surface area contributed by atoms with E-state index in [2.05, 4.69) is 35.4 Å². The van der Waals surface area contributed by atoms with Crippen LogP contribution in [0.25, 0.3) is 0 Å². The van der Waals surface area contributed by atoms with E-state index in [9.17, 15) is 0 Å². The third-order valence-electron chi connectivity index (χ3n) is 3.97.